The summed E-state index contributed by atoms with van der Waals surface area (Å²) in [5.74, 6) is 1.04. The molecular weight excluding hydrogens is 483 g/mol. The first-order chi connectivity index (χ1) is 17.4. The van der Waals surface area contributed by atoms with Crippen LogP contribution in [-0.2, 0) is 18.8 Å². The monoisotopic (exact) mass is 508 g/mol. The van der Waals surface area contributed by atoms with Gasteiger partial charge in [0.2, 0.25) is 0 Å². The van der Waals surface area contributed by atoms with E-state index in [-0.39, 0.29) is 23.1 Å². The lowest BCUT2D eigenvalue weighted by molar-refractivity contribution is 0.0395. The second-order valence-corrected chi connectivity index (χ2v) is 10.0. The van der Waals surface area contributed by atoms with Crippen molar-refractivity contribution in [3.8, 4) is 11.3 Å². The summed E-state index contributed by atoms with van der Waals surface area (Å²) < 4.78 is 24.5. The molecule has 3 aromatic heterocycles. The summed E-state index contributed by atoms with van der Waals surface area (Å²) in [6.07, 6.45) is 6.62. The van der Waals surface area contributed by atoms with E-state index in [2.05, 4.69) is 10.00 Å². The summed E-state index contributed by atoms with van der Waals surface area (Å²) in [5.41, 5.74) is 1.85. The summed E-state index contributed by atoms with van der Waals surface area (Å²) in [5, 5.41) is 4.96. The van der Waals surface area contributed by atoms with Gasteiger partial charge >= 0.3 is 0 Å². The van der Waals surface area contributed by atoms with Crippen LogP contribution >= 0.6 is 11.6 Å². The van der Waals surface area contributed by atoms with E-state index in [4.69, 9.17) is 26.3 Å². The molecule has 0 unspecified atom stereocenters. The van der Waals surface area contributed by atoms with Crippen molar-refractivity contribution in [1.82, 2.24) is 24.3 Å². The van der Waals surface area contributed by atoms with Crippen LogP contribution in [0.1, 0.15) is 42.7 Å². The standard InChI is InChI=1S/C26H26ClFN6O2/c1-32-13-16(12-29-32)21-14-34(8-9-36-21)22-11-19-24(23(30-22)18-7-6-17(27)10-20(18)28)31-25(15-4-3-5-15)33(2)26(19)35/h6-7,10-13,15,21H,3-5,8-9,14H2,1-2H3/t21-/m0/s1. The van der Waals surface area contributed by atoms with Crippen molar-refractivity contribution in [1.29, 1.82) is 0 Å². The molecule has 36 heavy (non-hydrogen) atoms. The lowest BCUT2D eigenvalue weighted by Gasteiger charge is -2.34. The van der Waals surface area contributed by atoms with Crippen molar-refractivity contribution in [2.45, 2.75) is 31.3 Å². The molecule has 0 amide bonds. The number of hydrogen-bond acceptors (Lipinski definition) is 6. The van der Waals surface area contributed by atoms with E-state index in [1.807, 2.05) is 13.2 Å². The molecule has 186 valence electrons. The zero-order valence-electron chi connectivity index (χ0n) is 20.1. The largest absolute Gasteiger partial charge is 0.370 e. The van der Waals surface area contributed by atoms with Gasteiger partial charge in [-0.2, -0.15) is 5.10 Å². The number of morpholine rings is 1. The van der Waals surface area contributed by atoms with E-state index in [9.17, 15) is 4.79 Å². The molecule has 0 N–H and O–H groups in total. The highest BCUT2D eigenvalue weighted by atomic mass is 35.5. The number of anilines is 1. The number of aromatic nitrogens is 5. The molecule has 1 atom stereocenters. The molecule has 4 heterocycles. The summed E-state index contributed by atoms with van der Waals surface area (Å²) in [6.45, 7) is 1.60. The average molecular weight is 509 g/mol. The van der Waals surface area contributed by atoms with E-state index in [1.165, 1.54) is 6.07 Å². The Morgan fingerprint density at radius 2 is 2.00 bits per heavy atom. The van der Waals surface area contributed by atoms with Gasteiger partial charge in [0.15, 0.2) is 0 Å². The third kappa shape index (κ3) is 3.96. The Morgan fingerprint density at radius 3 is 2.69 bits per heavy atom. The molecule has 1 saturated heterocycles. The summed E-state index contributed by atoms with van der Waals surface area (Å²) in [4.78, 5) is 25.4. The van der Waals surface area contributed by atoms with Crippen molar-refractivity contribution >= 4 is 28.3 Å². The van der Waals surface area contributed by atoms with E-state index in [0.29, 0.717) is 47.1 Å². The molecule has 8 nitrogen and oxygen atoms in total. The van der Waals surface area contributed by atoms with Crippen LogP contribution in [0.3, 0.4) is 0 Å². The van der Waals surface area contributed by atoms with Crippen molar-refractivity contribution in [2.75, 3.05) is 24.6 Å². The number of nitrogens with zero attached hydrogens (tertiary/aromatic N) is 6. The maximum Gasteiger partial charge on any atom is 0.261 e. The molecule has 0 spiro atoms. The number of rotatable bonds is 4. The van der Waals surface area contributed by atoms with Crippen LogP contribution in [0, 0.1) is 5.82 Å². The zero-order chi connectivity index (χ0) is 25.0. The summed E-state index contributed by atoms with van der Waals surface area (Å²) in [6, 6.07) is 6.26. The molecule has 2 aliphatic rings. The first kappa shape index (κ1) is 23.1. The summed E-state index contributed by atoms with van der Waals surface area (Å²) >= 11 is 6.03. The second-order valence-electron chi connectivity index (χ2n) is 9.56. The Balaban J connectivity index is 1.52. The zero-order valence-corrected chi connectivity index (χ0v) is 20.9. The Bertz CT molecular complexity index is 1530. The molecule has 0 bridgehead atoms. The van der Waals surface area contributed by atoms with Gasteiger partial charge in [0.25, 0.3) is 5.56 Å². The minimum Gasteiger partial charge on any atom is -0.370 e. The van der Waals surface area contributed by atoms with Gasteiger partial charge in [0.05, 0.1) is 18.2 Å². The van der Waals surface area contributed by atoms with Gasteiger partial charge in [-0.25, -0.2) is 14.4 Å². The van der Waals surface area contributed by atoms with Gasteiger partial charge in [0, 0.05) is 55.4 Å². The van der Waals surface area contributed by atoms with Gasteiger partial charge in [-0.1, -0.05) is 18.0 Å². The quantitative estimate of drug-likeness (QED) is 0.407. The number of halogens is 2. The predicted octanol–water partition coefficient (Wildman–Crippen LogP) is 4.37. The van der Waals surface area contributed by atoms with Crippen LogP contribution in [0.5, 0.6) is 0 Å². The van der Waals surface area contributed by atoms with Crippen LogP contribution in [-0.4, -0.2) is 44.0 Å². The van der Waals surface area contributed by atoms with E-state index in [0.717, 1.165) is 30.7 Å². The van der Waals surface area contributed by atoms with Crippen molar-refractivity contribution < 1.29 is 9.13 Å². The van der Waals surface area contributed by atoms with E-state index < -0.39 is 5.82 Å². The van der Waals surface area contributed by atoms with Gasteiger partial charge in [-0.05, 0) is 37.1 Å². The van der Waals surface area contributed by atoms with Crippen LogP contribution in [0.25, 0.3) is 22.2 Å². The minimum absolute atomic E-state index is 0.154. The van der Waals surface area contributed by atoms with Crippen LogP contribution in [0.4, 0.5) is 10.2 Å². The molecule has 2 fully saturated rings. The van der Waals surface area contributed by atoms with Crippen LogP contribution in [0.15, 0.2) is 41.5 Å². The fourth-order valence-electron chi connectivity index (χ4n) is 5.00. The number of ether oxygens (including phenoxy) is 1. The highest BCUT2D eigenvalue weighted by molar-refractivity contribution is 6.30. The second kappa shape index (κ2) is 8.97. The summed E-state index contributed by atoms with van der Waals surface area (Å²) in [7, 11) is 3.63. The number of aryl methyl sites for hydroxylation is 1. The van der Waals surface area contributed by atoms with Crippen LogP contribution < -0.4 is 10.5 Å². The Labute approximate surface area is 212 Å². The maximum absolute atomic E-state index is 15.2. The highest BCUT2D eigenvalue weighted by Gasteiger charge is 2.28. The predicted molar refractivity (Wildman–Crippen MR) is 136 cm³/mol. The fraction of sp³-hybridized carbons (Fsp3) is 0.385. The number of fused-ring (bicyclic) bond motifs is 1. The lowest BCUT2D eigenvalue weighted by atomic mass is 9.84. The van der Waals surface area contributed by atoms with Crippen molar-refractivity contribution in [3.63, 3.8) is 0 Å². The molecule has 1 aliphatic carbocycles. The smallest absolute Gasteiger partial charge is 0.261 e. The van der Waals surface area contributed by atoms with Gasteiger partial charge in [0.1, 0.15) is 34.8 Å². The third-order valence-electron chi connectivity index (χ3n) is 7.23. The molecular formula is C26H26ClFN6O2. The molecule has 6 rings (SSSR count). The highest BCUT2D eigenvalue weighted by Crippen LogP contribution is 2.37. The number of pyridine rings is 1. The van der Waals surface area contributed by atoms with Gasteiger partial charge in [-0.3, -0.25) is 14.0 Å². The van der Waals surface area contributed by atoms with E-state index >= 15 is 4.39 Å². The van der Waals surface area contributed by atoms with Gasteiger partial charge in [-0.15, -0.1) is 0 Å². The minimum atomic E-state index is -0.503. The third-order valence-corrected chi connectivity index (χ3v) is 7.46. The molecule has 1 aliphatic heterocycles. The maximum atomic E-state index is 15.2. The number of benzene rings is 1. The van der Waals surface area contributed by atoms with E-state index in [1.54, 1.807) is 40.7 Å². The first-order valence-corrected chi connectivity index (χ1v) is 12.5. The lowest BCUT2D eigenvalue weighted by Crippen LogP contribution is -2.39. The fourth-order valence-corrected chi connectivity index (χ4v) is 5.16. The average Bonchev–Trinajstić information content (AvgIpc) is 3.27. The number of hydrogen-bond donors (Lipinski definition) is 0. The molecule has 1 saturated carbocycles. The molecule has 1 aromatic carbocycles. The Hall–Kier alpha value is -3.30. The van der Waals surface area contributed by atoms with Crippen molar-refractivity contribution in [2.24, 2.45) is 14.1 Å². The topological polar surface area (TPSA) is 78.1 Å². The molecule has 4 aromatic rings. The Kier molecular flexibility index (Phi) is 5.76. The Morgan fingerprint density at radius 1 is 1.17 bits per heavy atom. The van der Waals surface area contributed by atoms with Crippen molar-refractivity contribution in [3.05, 3.63) is 69.2 Å². The SMILES string of the molecule is Cn1cc([C@@H]2CN(c3cc4c(=O)n(C)c(C5CCC5)nc4c(-c4ccc(Cl)cc4F)n3)CCO2)cn1. The van der Waals surface area contributed by atoms with Crippen LogP contribution in [0.2, 0.25) is 5.02 Å². The molecule has 10 heteroatoms. The molecule has 0 radical (unpaired) electrons. The normalized spacial score (nSPS) is 18.6. The first-order valence-electron chi connectivity index (χ1n) is 12.1. The van der Waals surface area contributed by atoms with Gasteiger partial charge < -0.3 is 9.64 Å².